The van der Waals surface area contributed by atoms with Crippen LogP contribution < -0.4 is 0 Å². The second kappa shape index (κ2) is 14.7. The molecule has 1 unspecified atom stereocenters. The number of hydrogen-bond acceptors (Lipinski definition) is 4. The number of fused-ring (bicyclic) bond motifs is 2. The molecule has 0 bridgehead atoms. The topological polar surface area (TPSA) is 51.6 Å². The predicted octanol–water partition coefficient (Wildman–Crippen LogP) is 13.6. The Kier molecular flexibility index (Phi) is 8.85. The number of aromatic nitrogens is 4. The molecule has 6 aromatic carbocycles. The van der Waals surface area contributed by atoms with Gasteiger partial charge in [0.1, 0.15) is 0 Å². The van der Waals surface area contributed by atoms with Gasteiger partial charge in [0.25, 0.3) is 0 Å². The summed E-state index contributed by atoms with van der Waals surface area (Å²) in [6.07, 6.45) is 9.24. The van der Waals surface area contributed by atoms with Gasteiger partial charge >= 0.3 is 0 Å². The molecule has 4 nitrogen and oxygen atoms in total. The second-order valence-electron chi connectivity index (χ2n) is 14.7. The van der Waals surface area contributed by atoms with Gasteiger partial charge in [-0.05, 0) is 105 Å². The molecule has 1 aliphatic carbocycles. The van der Waals surface area contributed by atoms with Crippen LogP contribution >= 0.6 is 0 Å². The standard InChI is InChI=1S/C53H38N4/c1-35-11-8-14-41-15-10-18-47(52(35)41)43-31-42(46-17-9-13-36-12-2-3-16-45(36)46)32-44(33-43)53-56-50(39-25-21-37(22-26-39)48-19-4-6-29-54-48)34-51(57-53)40-27-23-38(24-28-40)49-20-5-7-30-55-49/h2-10,12-35H,11H2,1H3. The lowest BCUT2D eigenvalue weighted by Crippen LogP contribution is -2.03. The molecule has 10 rings (SSSR count). The molecule has 3 aromatic heterocycles. The Hall–Kier alpha value is -7.30. The van der Waals surface area contributed by atoms with E-state index in [1.165, 1.54) is 33.0 Å². The minimum atomic E-state index is 0.403. The number of rotatable bonds is 7. The Morgan fingerprint density at radius 2 is 0.965 bits per heavy atom. The molecule has 3 heterocycles. The van der Waals surface area contributed by atoms with E-state index >= 15 is 0 Å². The summed E-state index contributed by atoms with van der Waals surface area (Å²) < 4.78 is 0. The van der Waals surface area contributed by atoms with Crippen molar-refractivity contribution in [2.75, 3.05) is 0 Å². The van der Waals surface area contributed by atoms with Crippen molar-refractivity contribution in [3.8, 4) is 78.7 Å². The van der Waals surface area contributed by atoms with Crippen LogP contribution in [0.1, 0.15) is 30.4 Å². The van der Waals surface area contributed by atoms with Crippen molar-refractivity contribution >= 4 is 16.8 Å². The van der Waals surface area contributed by atoms with Crippen molar-refractivity contribution in [3.63, 3.8) is 0 Å². The molecule has 0 fully saturated rings. The van der Waals surface area contributed by atoms with Crippen LogP contribution in [-0.2, 0) is 0 Å². The molecule has 0 saturated carbocycles. The first kappa shape index (κ1) is 34.2. The molecule has 0 radical (unpaired) electrons. The summed E-state index contributed by atoms with van der Waals surface area (Å²) in [5.41, 5.74) is 16.1. The quantitative estimate of drug-likeness (QED) is 0.164. The van der Waals surface area contributed by atoms with Crippen LogP contribution in [0.25, 0.3) is 95.5 Å². The van der Waals surface area contributed by atoms with Gasteiger partial charge in [0, 0.05) is 40.2 Å². The molecule has 0 N–H and O–H groups in total. The Morgan fingerprint density at radius 3 is 1.60 bits per heavy atom. The molecule has 0 amide bonds. The summed E-state index contributed by atoms with van der Waals surface area (Å²) in [7, 11) is 0. The van der Waals surface area contributed by atoms with E-state index in [0.717, 1.165) is 68.1 Å². The van der Waals surface area contributed by atoms with Crippen molar-refractivity contribution in [2.45, 2.75) is 19.3 Å². The fourth-order valence-electron chi connectivity index (χ4n) is 8.15. The lowest BCUT2D eigenvalue weighted by Gasteiger charge is -2.23. The molecule has 0 spiro atoms. The molecule has 57 heavy (non-hydrogen) atoms. The van der Waals surface area contributed by atoms with Crippen LogP contribution in [0, 0.1) is 0 Å². The van der Waals surface area contributed by atoms with Crippen molar-refractivity contribution in [2.24, 2.45) is 0 Å². The Labute approximate surface area is 333 Å². The fourth-order valence-corrected chi connectivity index (χ4v) is 8.15. The van der Waals surface area contributed by atoms with Crippen molar-refractivity contribution in [3.05, 3.63) is 199 Å². The monoisotopic (exact) mass is 730 g/mol. The Morgan fingerprint density at radius 1 is 0.439 bits per heavy atom. The third-order valence-corrected chi connectivity index (χ3v) is 11.0. The summed E-state index contributed by atoms with van der Waals surface area (Å²) in [6, 6.07) is 59.9. The maximum atomic E-state index is 5.35. The number of pyridine rings is 2. The van der Waals surface area contributed by atoms with Crippen LogP contribution in [-0.4, -0.2) is 19.9 Å². The molecule has 270 valence electrons. The first-order valence-corrected chi connectivity index (χ1v) is 19.5. The Balaban J connectivity index is 1.18. The molecule has 9 aromatic rings. The molecule has 1 aliphatic rings. The van der Waals surface area contributed by atoms with Gasteiger partial charge in [0.2, 0.25) is 0 Å². The van der Waals surface area contributed by atoms with Crippen LogP contribution in [0.5, 0.6) is 0 Å². The van der Waals surface area contributed by atoms with Gasteiger partial charge in [0.15, 0.2) is 5.82 Å². The zero-order chi connectivity index (χ0) is 38.1. The average Bonchev–Trinajstić information content (AvgIpc) is 3.29. The van der Waals surface area contributed by atoms with Crippen LogP contribution in [0.2, 0.25) is 0 Å². The van der Waals surface area contributed by atoms with E-state index in [0.29, 0.717) is 11.7 Å². The van der Waals surface area contributed by atoms with Crippen molar-refractivity contribution < 1.29 is 0 Å². The number of allylic oxidation sites excluding steroid dienone is 1. The maximum Gasteiger partial charge on any atom is 0.160 e. The average molecular weight is 731 g/mol. The largest absolute Gasteiger partial charge is 0.256 e. The smallest absolute Gasteiger partial charge is 0.160 e. The molecular formula is C53H38N4. The van der Waals surface area contributed by atoms with Gasteiger partial charge < -0.3 is 0 Å². The van der Waals surface area contributed by atoms with Gasteiger partial charge in [-0.1, -0.05) is 140 Å². The number of benzene rings is 6. The lowest BCUT2D eigenvalue weighted by atomic mass is 9.82. The van der Waals surface area contributed by atoms with E-state index in [1.807, 2.05) is 48.8 Å². The first-order chi connectivity index (χ1) is 28.1. The summed E-state index contributed by atoms with van der Waals surface area (Å²) in [6.45, 7) is 2.33. The molecule has 4 heteroatoms. The summed E-state index contributed by atoms with van der Waals surface area (Å²) in [5, 5.41) is 2.42. The fraction of sp³-hybridized carbons (Fsp3) is 0.0566. The van der Waals surface area contributed by atoms with E-state index in [-0.39, 0.29) is 0 Å². The highest BCUT2D eigenvalue weighted by Crippen LogP contribution is 2.41. The molecule has 0 saturated heterocycles. The van der Waals surface area contributed by atoms with Gasteiger partial charge in [-0.15, -0.1) is 0 Å². The summed E-state index contributed by atoms with van der Waals surface area (Å²) in [4.78, 5) is 19.8. The highest BCUT2D eigenvalue weighted by atomic mass is 14.9. The molecule has 0 aliphatic heterocycles. The van der Waals surface area contributed by atoms with E-state index in [9.17, 15) is 0 Å². The summed E-state index contributed by atoms with van der Waals surface area (Å²) in [5.74, 6) is 1.08. The van der Waals surface area contributed by atoms with E-state index in [2.05, 4.69) is 163 Å². The van der Waals surface area contributed by atoms with Gasteiger partial charge in [-0.2, -0.15) is 0 Å². The molecular weight excluding hydrogens is 693 g/mol. The van der Waals surface area contributed by atoms with E-state index in [1.54, 1.807) is 0 Å². The van der Waals surface area contributed by atoms with Gasteiger partial charge in [0.05, 0.1) is 22.8 Å². The second-order valence-corrected chi connectivity index (χ2v) is 14.7. The zero-order valence-corrected chi connectivity index (χ0v) is 31.5. The minimum absolute atomic E-state index is 0.403. The normalized spacial score (nSPS) is 13.4. The number of hydrogen-bond donors (Lipinski definition) is 0. The highest BCUT2D eigenvalue weighted by Gasteiger charge is 2.20. The van der Waals surface area contributed by atoms with Crippen molar-refractivity contribution in [1.82, 2.24) is 19.9 Å². The zero-order valence-electron chi connectivity index (χ0n) is 31.5. The first-order valence-electron chi connectivity index (χ1n) is 19.5. The third kappa shape index (κ3) is 6.72. The maximum absolute atomic E-state index is 5.35. The predicted molar refractivity (Wildman–Crippen MR) is 235 cm³/mol. The van der Waals surface area contributed by atoms with Crippen molar-refractivity contribution in [1.29, 1.82) is 0 Å². The van der Waals surface area contributed by atoms with Crippen LogP contribution in [0.3, 0.4) is 0 Å². The molecule has 1 atom stereocenters. The van der Waals surface area contributed by atoms with Crippen LogP contribution in [0.15, 0.2) is 188 Å². The van der Waals surface area contributed by atoms with E-state index < -0.39 is 0 Å². The lowest BCUT2D eigenvalue weighted by molar-refractivity contribution is 0.774. The van der Waals surface area contributed by atoms with Crippen LogP contribution in [0.4, 0.5) is 0 Å². The summed E-state index contributed by atoms with van der Waals surface area (Å²) >= 11 is 0. The van der Waals surface area contributed by atoms with Gasteiger partial charge in [-0.3, -0.25) is 9.97 Å². The third-order valence-electron chi connectivity index (χ3n) is 11.0. The SMILES string of the molecule is CC1CC=Cc2cccc(-c3cc(-c4nc(-c5ccc(-c6ccccn6)cc5)cc(-c5ccc(-c6ccccn6)cc5)n4)cc(-c4cccc5ccccc45)c3)c21. The van der Waals surface area contributed by atoms with Gasteiger partial charge in [-0.25, -0.2) is 9.97 Å². The highest BCUT2D eigenvalue weighted by molar-refractivity contribution is 5.98. The number of nitrogens with zero attached hydrogens (tertiary/aromatic N) is 4. The minimum Gasteiger partial charge on any atom is -0.256 e. The Bertz CT molecular complexity index is 2810. The van der Waals surface area contributed by atoms with E-state index in [4.69, 9.17) is 9.97 Å².